The molecule has 0 bridgehead atoms. The SMILES string of the molecule is CC(NC(=O)C(CCCCN)NC(=O)C(CO)NC(=O)C(N)CO)C(=O)O. The average molecular weight is 391 g/mol. The number of carboxylic acids is 1. The van der Waals surface area contributed by atoms with Gasteiger partial charge >= 0.3 is 5.97 Å². The average Bonchev–Trinajstić information content (AvgIpc) is 2.63. The van der Waals surface area contributed by atoms with Crippen LogP contribution in [0.25, 0.3) is 0 Å². The molecule has 12 nitrogen and oxygen atoms in total. The van der Waals surface area contributed by atoms with Crippen LogP contribution in [0.2, 0.25) is 0 Å². The highest BCUT2D eigenvalue weighted by Gasteiger charge is 2.28. The largest absolute Gasteiger partial charge is 0.480 e. The zero-order valence-corrected chi connectivity index (χ0v) is 15.2. The molecule has 27 heavy (non-hydrogen) atoms. The Kier molecular flexibility index (Phi) is 11.9. The molecule has 0 fully saturated rings. The molecular weight excluding hydrogens is 362 g/mol. The number of carboxylic acid groups (broad SMARTS) is 1. The van der Waals surface area contributed by atoms with Crippen molar-refractivity contribution in [1.82, 2.24) is 16.0 Å². The number of carbonyl (C=O) groups excluding carboxylic acids is 3. The highest BCUT2D eigenvalue weighted by atomic mass is 16.4. The highest BCUT2D eigenvalue weighted by Crippen LogP contribution is 2.03. The maximum atomic E-state index is 12.3. The Morgan fingerprint density at radius 2 is 1.44 bits per heavy atom. The number of rotatable bonds is 13. The molecule has 0 aromatic rings. The minimum absolute atomic E-state index is 0.184. The Balaban J connectivity index is 5.03. The summed E-state index contributed by atoms with van der Waals surface area (Å²) in [5.41, 5.74) is 10.7. The zero-order valence-electron chi connectivity index (χ0n) is 15.2. The van der Waals surface area contributed by atoms with E-state index in [-0.39, 0.29) is 6.42 Å². The van der Waals surface area contributed by atoms with E-state index < -0.39 is 61.1 Å². The summed E-state index contributed by atoms with van der Waals surface area (Å²) in [5.74, 6) is -3.67. The van der Waals surface area contributed by atoms with E-state index in [0.29, 0.717) is 19.4 Å². The molecule has 4 unspecified atom stereocenters. The zero-order chi connectivity index (χ0) is 21.0. The van der Waals surface area contributed by atoms with Crippen molar-refractivity contribution in [1.29, 1.82) is 0 Å². The lowest BCUT2D eigenvalue weighted by Crippen LogP contribution is -2.58. The van der Waals surface area contributed by atoms with Gasteiger partial charge < -0.3 is 42.7 Å². The van der Waals surface area contributed by atoms with Crippen molar-refractivity contribution in [3.05, 3.63) is 0 Å². The Bertz CT molecular complexity index is 517. The first-order valence-corrected chi connectivity index (χ1v) is 8.49. The molecule has 0 aliphatic heterocycles. The summed E-state index contributed by atoms with van der Waals surface area (Å²) in [4.78, 5) is 47.1. The molecule has 0 radical (unpaired) electrons. The molecule has 0 rings (SSSR count). The number of unbranched alkanes of at least 4 members (excludes halogenated alkanes) is 1. The van der Waals surface area contributed by atoms with Gasteiger partial charge in [-0.2, -0.15) is 0 Å². The molecule has 0 aliphatic carbocycles. The van der Waals surface area contributed by atoms with Crippen molar-refractivity contribution in [2.45, 2.75) is 50.4 Å². The molecule has 0 saturated carbocycles. The fraction of sp³-hybridized carbons (Fsp3) is 0.733. The molecule has 0 aliphatic rings. The Morgan fingerprint density at radius 1 is 0.889 bits per heavy atom. The number of amides is 3. The number of carbonyl (C=O) groups is 4. The van der Waals surface area contributed by atoms with Crippen LogP contribution in [0, 0.1) is 0 Å². The highest BCUT2D eigenvalue weighted by molar-refractivity contribution is 5.94. The predicted molar refractivity (Wildman–Crippen MR) is 94.2 cm³/mol. The molecule has 10 N–H and O–H groups in total. The maximum absolute atomic E-state index is 12.3. The van der Waals surface area contributed by atoms with Gasteiger partial charge in [-0.3, -0.25) is 19.2 Å². The van der Waals surface area contributed by atoms with E-state index in [9.17, 15) is 24.3 Å². The number of hydrogen-bond donors (Lipinski definition) is 8. The molecule has 0 aromatic carbocycles. The molecule has 0 heterocycles. The van der Waals surface area contributed by atoms with Crippen molar-refractivity contribution in [3.8, 4) is 0 Å². The van der Waals surface area contributed by atoms with Crippen LogP contribution >= 0.6 is 0 Å². The lowest BCUT2D eigenvalue weighted by Gasteiger charge is -2.23. The molecular formula is C15H29N5O7. The van der Waals surface area contributed by atoms with Gasteiger partial charge in [0.1, 0.15) is 24.2 Å². The van der Waals surface area contributed by atoms with Gasteiger partial charge in [0.2, 0.25) is 17.7 Å². The van der Waals surface area contributed by atoms with Gasteiger partial charge in [-0.1, -0.05) is 0 Å². The van der Waals surface area contributed by atoms with Gasteiger partial charge in [0.25, 0.3) is 0 Å². The van der Waals surface area contributed by atoms with E-state index in [1.54, 1.807) is 0 Å². The lowest BCUT2D eigenvalue weighted by molar-refractivity contribution is -0.142. The lowest BCUT2D eigenvalue weighted by atomic mass is 10.1. The predicted octanol–water partition coefficient (Wildman–Crippen LogP) is -4.01. The number of nitrogens with one attached hydrogen (secondary N) is 3. The second kappa shape index (κ2) is 13.0. The summed E-state index contributed by atoms with van der Waals surface area (Å²) in [5, 5.41) is 33.8. The normalized spacial score (nSPS) is 15.1. The second-order valence-corrected chi connectivity index (χ2v) is 5.95. The Labute approximate surface area is 156 Å². The molecule has 0 aromatic heterocycles. The number of aliphatic hydroxyl groups is 2. The van der Waals surface area contributed by atoms with E-state index in [1.165, 1.54) is 6.92 Å². The van der Waals surface area contributed by atoms with Gasteiger partial charge in [0.05, 0.1) is 13.2 Å². The van der Waals surface area contributed by atoms with Crippen LogP contribution < -0.4 is 27.4 Å². The van der Waals surface area contributed by atoms with Crippen LogP contribution in [0.15, 0.2) is 0 Å². The summed E-state index contributed by atoms with van der Waals surface area (Å²) in [6.45, 7) is 0.232. The topological polar surface area (TPSA) is 217 Å². The van der Waals surface area contributed by atoms with Crippen LogP contribution in [0.3, 0.4) is 0 Å². The van der Waals surface area contributed by atoms with Gasteiger partial charge in [-0.25, -0.2) is 0 Å². The fourth-order valence-corrected chi connectivity index (χ4v) is 1.97. The minimum atomic E-state index is -1.39. The van der Waals surface area contributed by atoms with Crippen LogP contribution in [0.5, 0.6) is 0 Å². The molecule has 12 heteroatoms. The maximum Gasteiger partial charge on any atom is 0.325 e. The van der Waals surface area contributed by atoms with Gasteiger partial charge in [0.15, 0.2) is 0 Å². The first-order chi connectivity index (χ1) is 12.7. The molecule has 0 saturated heterocycles. The van der Waals surface area contributed by atoms with Crippen molar-refractivity contribution >= 4 is 23.7 Å². The van der Waals surface area contributed by atoms with Crippen molar-refractivity contribution in [2.75, 3.05) is 19.8 Å². The standard InChI is InChI=1S/C15H29N5O7/c1-8(15(26)27)18-13(24)10(4-2-3-5-16)19-14(25)11(7-22)20-12(23)9(17)6-21/h8-11,21-22H,2-7,16-17H2,1H3,(H,18,24)(H,19,25)(H,20,23)(H,26,27). The Hall–Kier alpha value is -2.28. The molecule has 4 atom stereocenters. The van der Waals surface area contributed by atoms with E-state index >= 15 is 0 Å². The quantitative estimate of drug-likeness (QED) is 0.143. The third-order valence-electron chi connectivity index (χ3n) is 3.66. The molecule has 156 valence electrons. The van der Waals surface area contributed by atoms with Crippen LogP contribution in [0.1, 0.15) is 26.2 Å². The number of hydrogen-bond acceptors (Lipinski definition) is 8. The van der Waals surface area contributed by atoms with Crippen LogP contribution in [0.4, 0.5) is 0 Å². The van der Waals surface area contributed by atoms with E-state index in [0.717, 1.165) is 0 Å². The summed E-state index contributed by atoms with van der Waals surface area (Å²) < 4.78 is 0. The smallest absolute Gasteiger partial charge is 0.325 e. The van der Waals surface area contributed by atoms with Crippen molar-refractivity contribution in [3.63, 3.8) is 0 Å². The van der Waals surface area contributed by atoms with Crippen LogP contribution in [-0.2, 0) is 19.2 Å². The fourth-order valence-electron chi connectivity index (χ4n) is 1.97. The third kappa shape index (κ3) is 9.28. The van der Waals surface area contributed by atoms with Gasteiger partial charge in [-0.15, -0.1) is 0 Å². The first kappa shape index (κ1) is 24.7. The van der Waals surface area contributed by atoms with E-state index in [4.69, 9.17) is 21.7 Å². The molecule has 0 spiro atoms. The van der Waals surface area contributed by atoms with E-state index in [1.807, 2.05) is 0 Å². The summed E-state index contributed by atoms with van der Waals surface area (Å²) in [7, 11) is 0. The van der Waals surface area contributed by atoms with Gasteiger partial charge in [-0.05, 0) is 32.7 Å². The third-order valence-corrected chi connectivity index (χ3v) is 3.66. The van der Waals surface area contributed by atoms with E-state index in [2.05, 4.69) is 16.0 Å². The Morgan fingerprint density at radius 3 is 1.93 bits per heavy atom. The van der Waals surface area contributed by atoms with Crippen molar-refractivity contribution < 1.29 is 34.5 Å². The van der Waals surface area contributed by atoms with Crippen molar-refractivity contribution in [2.24, 2.45) is 11.5 Å². The number of aliphatic hydroxyl groups excluding tert-OH is 2. The first-order valence-electron chi connectivity index (χ1n) is 8.49. The number of nitrogens with two attached hydrogens (primary N) is 2. The minimum Gasteiger partial charge on any atom is -0.480 e. The van der Waals surface area contributed by atoms with Gasteiger partial charge in [0, 0.05) is 0 Å². The summed E-state index contributed by atoms with van der Waals surface area (Å²) in [6.07, 6.45) is 1.25. The number of aliphatic carboxylic acids is 1. The van der Waals surface area contributed by atoms with Crippen LogP contribution in [-0.4, -0.2) is 82.9 Å². The summed E-state index contributed by atoms with van der Waals surface area (Å²) in [6, 6.07) is -4.91. The summed E-state index contributed by atoms with van der Waals surface area (Å²) >= 11 is 0. The monoisotopic (exact) mass is 391 g/mol. The second-order valence-electron chi connectivity index (χ2n) is 5.95. The molecule has 3 amide bonds.